The number of rotatable bonds is 13. The van der Waals surface area contributed by atoms with E-state index in [4.69, 9.17) is 23.9 Å². The molecule has 3 heterocycles. The average molecular weight is 738 g/mol. The van der Waals surface area contributed by atoms with E-state index < -0.39 is 12.8 Å². The van der Waals surface area contributed by atoms with E-state index in [1.165, 1.54) is 16.7 Å². The summed E-state index contributed by atoms with van der Waals surface area (Å²) in [7, 11) is 4.63. The molecule has 2 fully saturated rings. The van der Waals surface area contributed by atoms with Gasteiger partial charge in [-0.3, -0.25) is 4.79 Å². The van der Waals surface area contributed by atoms with Gasteiger partial charge in [0.2, 0.25) is 11.7 Å². The normalized spacial score (nSPS) is 18.4. The Hall–Kier alpha value is -4.49. The summed E-state index contributed by atoms with van der Waals surface area (Å²) in [4.78, 5) is 25.7. The number of methoxy groups -OCH3 is 3. The maximum Gasteiger partial charge on any atom is 0.411 e. The molecular formula is C40H50F3N5O5. The number of hydrogen-bond acceptors (Lipinski definition) is 8. The van der Waals surface area contributed by atoms with Gasteiger partial charge < -0.3 is 38.2 Å². The van der Waals surface area contributed by atoms with E-state index in [0.29, 0.717) is 35.9 Å². The van der Waals surface area contributed by atoms with Gasteiger partial charge in [0.05, 0.1) is 39.0 Å². The molecule has 2 saturated heterocycles. The molecule has 2 aliphatic rings. The number of carbonyl (C=O) groups excluding carboxylic acids is 1. The van der Waals surface area contributed by atoms with Gasteiger partial charge in [0.15, 0.2) is 11.5 Å². The second-order valence-electron chi connectivity index (χ2n) is 14.1. The number of ether oxygens (including phenoxy) is 4. The van der Waals surface area contributed by atoms with Gasteiger partial charge in [-0.2, -0.15) is 13.2 Å². The van der Waals surface area contributed by atoms with Crippen LogP contribution >= 0.6 is 0 Å². The number of hydrogen-bond donors (Lipinski definition) is 0. The number of alkyl halides is 3. The van der Waals surface area contributed by atoms with Crippen molar-refractivity contribution in [2.24, 2.45) is 0 Å². The first kappa shape index (κ1) is 38.2. The van der Waals surface area contributed by atoms with Crippen LogP contribution < -0.4 is 19.1 Å². The van der Waals surface area contributed by atoms with Crippen molar-refractivity contribution in [2.75, 3.05) is 85.3 Å². The number of benzene rings is 3. The summed E-state index contributed by atoms with van der Waals surface area (Å²) in [6.07, 6.45) is -1.73. The summed E-state index contributed by atoms with van der Waals surface area (Å²) in [6.45, 7) is 8.49. The first-order valence-corrected chi connectivity index (χ1v) is 18.2. The molecule has 4 aromatic rings. The van der Waals surface area contributed by atoms with Crippen molar-refractivity contribution in [3.8, 4) is 17.2 Å². The fraction of sp³-hybridized carbons (Fsp3) is 0.500. The van der Waals surface area contributed by atoms with Crippen LogP contribution in [0, 0.1) is 13.8 Å². The molecule has 0 radical (unpaired) electrons. The number of fused-ring (bicyclic) bond motifs is 1. The van der Waals surface area contributed by atoms with Gasteiger partial charge >= 0.3 is 6.18 Å². The van der Waals surface area contributed by atoms with E-state index >= 15 is 0 Å². The van der Waals surface area contributed by atoms with Crippen LogP contribution in [-0.4, -0.2) is 112 Å². The number of carbonyl (C=O) groups is 1. The first-order chi connectivity index (χ1) is 25.4. The third-order valence-electron chi connectivity index (χ3n) is 10.8. The highest BCUT2D eigenvalue weighted by Gasteiger charge is 2.42. The second kappa shape index (κ2) is 16.3. The Bertz CT molecular complexity index is 1870. The maximum absolute atomic E-state index is 14.1. The van der Waals surface area contributed by atoms with E-state index in [1.807, 2.05) is 33.7 Å². The monoisotopic (exact) mass is 737 g/mol. The zero-order valence-electron chi connectivity index (χ0n) is 31.3. The second-order valence-corrected chi connectivity index (χ2v) is 14.1. The van der Waals surface area contributed by atoms with Crippen LogP contribution in [0.5, 0.6) is 17.2 Å². The third-order valence-corrected chi connectivity index (χ3v) is 10.8. The molecule has 10 nitrogen and oxygen atoms in total. The van der Waals surface area contributed by atoms with Crippen molar-refractivity contribution < 1.29 is 36.9 Å². The van der Waals surface area contributed by atoms with E-state index in [2.05, 4.69) is 41.8 Å². The molecule has 0 bridgehead atoms. The highest BCUT2D eigenvalue weighted by molar-refractivity contribution is 5.96. The molecule has 53 heavy (non-hydrogen) atoms. The smallest absolute Gasteiger partial charge is 0.411 e. The lowest BCUT2D eigenvalue weighted by Crippen LogP contribution is -2.39. The molecule has 1 aromatic heterocycles. The molecular weight excluding hydrogens is 687 g/mol. The standard InChI is InChI=1S/C40H50F3N5O5/c1-28-11-12-31(23-29(28)2)39(14-18-47(26-39)37(49)30-24-34(50-3)36(52-5)35(25-30)51-4)13-17-45-15-8-16-46(20-19-45)38-44-32-9-6-7-10-33(32)48(38)21-22-53-27-40(41,42)43/h6-7,9-12,23-25H,8,13-22,26-27H2,1-5H3. The van der Waals surface area contributed by atoms with Crippen LogP contribution in [0.3, 0.4) is 0 Å². The van der Waals surface area contributed by atoms with E-state index in [9.17, 15) is 18.0 Å². The molecule has 1 atom stereocenters. The Kier molecular flexibility index (Phi) is 11.7. The number of likely N-dealkylation sites (tertiary alicyclic amines) is 1. The molecule has 0 aliphatic carbocycles. The Morgan fingerprint density at radius 3 is 2.32 bits per heavy atom. The Labute approximate surface area is 309 Å². The summed E-state index contributed by atoms with van der Waals surface area (Å²) in [5, 5.41) is 0. The summed E-state index contributed by atoms with van der Waals surface area (Å²) >= 11 is 0. The first-order valence-electron chi connectivity index (χ1n) is 18.2. The predicted molar refractivity (Wildman–Crippen MR) is 199 cm³/mol. The largest absolute Gasteiger partial charge is 0.493 e. The van der Waals surface area contributed by atoms with E-state index in [0.717, 1.165) is 69.0 Å². The molecule has 3 aromatic carbocycles. The molecule has 13 heteroatoms. The number of aromatic nitrogens is 2. The summed E-state index contributed by atoms with van der Waals surface area (Å²) < 4.78 is 61.8. The van der Waals surface area contributed by atoms with Gasteiger partial charge in [-0.1, -0.05) is 30.3 Å². The van der Waals surface area contributed by atoms with Gasteiger partial charge in [-0.05, 0) is 87.2 Å². The molecule has 1 unspecified atom stereocenters. The number of anilines is 1. The Morgan fingerprint density at radius 2 is 1.62 bits per heavy atom. The number of halogens is 3. The molecule has 2 aliphatic heterocycles. The van der Waals surface area contributed by atoms with Gasteiger partial charge in [0.1, 0.15) is 6.61 Å². The number of nitrogens with zero attached hydrogens (tertiary/aromatic N) is 5. The van der Waals surface area contributed by atoms with Crippen LogP contribution in [0.2, 0.25) is 0 Å². The zero-order valence-corrected chi connectivity index (χ0v) is 31.3. The van der Waals surface area contributed by atoms with Crippen molar-refractivity contribution in [2.45, 2.75) is 51.2 Å². The zero-order chi connectivity index (χ0) is 37.8. The van der Waals surface area contributed by atoms with Crippen molar-refractivity contribution in [3.05, 3.63) is 76.9 Å². The van der Waals surface area contributed by atoms with Gasteiger partial charge in [0.25, 0.3) is 5.91 Å². The fourth-order valence-electron chi connectivity index (χ4n) is 7.72. The lowest BCUT2D eigenvalue weighted by atomic mass is 9.76. The van der Waals surface area contributed by atoms with Gasteiger partial charge in [-0.25, -0.2) is 4.98 Å². The van der Waals surface area contributed by atoms with Crippen molar-refractivity contribution in [3.63, 3.8) is 0 Å². The summed E-state index contributed by atoms with van der Waals surface area (Å²) in [6, 6.07) is 17.8. The summed E-state index contributed by atoms with van der Waals surface area (Å²) in [5.41, 5.74) is 5.65. The van der Waals surface area contributed by atoms with Crippen molar-refractivity contribution in [1.29, 1.82) is 0 Å². The van der Waals surface area contributed by atoms with Crippen molar-refractivity contribution in [1.82, 2.24) is 19.4 Å². The van der Waals surface area contributed by atoms with Crippen LogP contribution in [0.4, 0.5) is 19.1 Å². The van der Waals surface area contributed by atoms with Crippen molar-refractivity contribution >= 4 is 22.9 Å². The molecule has 0 spiro atoms. The SMILES string of the molecule is COc1cc(C(=O)N2CCC(CCN3CCCN(c4nc5ccccc5n4CCOCC(F)(F)F)CC3)(c3ccc(C)c(C)c3)C2)cc(OC)c1OC. The number of imidazole rings is 1. The van der Waals surface area contributed by atoms with Crippen LogP contribution in [0.15, 0.2) is 54.6 Å². The highest BCUT2D eigenvalue weighted by Crippen LogP contribution is 2.42. The third kappa shape index (κ3) is 8.51. The van der Waals surface area contributed by atoms with Gasteiger partial charge in [-0.15, -0.1) is 0 Å². The maximum atomic E-state index is 14.1. The number of aryl methyl sites for hydroxylation is 2. The van der Waals surface area contributed by atoms with Crippen LogP contribution in [-0.2, 0) is 16.7 Å². The molecule has 0 N–H and O–H groups in total. The molecule has 1 amide bonds. The minimum atomic E-state index is -4.37. The molecule has 6 rings (SSSR count). The molecule has 286 valence electrons. The minimum Gasteiger partial charge on any atom is -0.493 e. The number of para-hydroxylation sites is 2. The van der Waals surface area contributed by atoms with Crippen LogP contribution in [0.1, 0.15) is 46.3 Å². The molecule has 0 saturated carbocycles. The number of amides is 1. The quantitative estimate of drug-likeness (QED) is 0.141. The lowest BCUT2D eigenvalue weighted by molar-refractivity contribution is -0.174. The van der Waals surface area contributed by atoms with Crippen LogP contribution in [0.25, 0.3) is 11.0 Å². The topological polar surface area (TPSA) is 81.5 Å². The van der Waals surface area contributed by atoms with Gasteiger partial charge in [0, 0.05) is 50.2 Å². The lowest BCUT2D eigenvalue weighted by Gasteiger charge is -2.33. The van der Waals surface area contributed by atoms with E-state index in [1.54, 1.807) is 33.5 Å². The van der Waals surface area contributed by atoms with E-state index in [-0.39, 0.29) is 24.5 Å². The Balaban J connectivity index is 1.18. The summed E-state index contributed by atoms with van der Waals surface area (Å²) in [5.74, 6) is 2.01. The predicted octanol–water partition coefficient (Wildman–Crippen LogP) is 6.64. The highest BCUT2D eigenvalue weighted by atomic mass is 19.4. The average Bonchev–Trinajstić information content (AvgIpc) is 3.67. The Morgan fingerprint density at radius 1 is 0.868 bits per heavy atom. The fourth-order valence-corrected chi connectivity index (χ4v) is 7.72. The minimum absolute atomic E-state index is 0.0630.